The van der Waals surface area contributed by atoms with E-state index >= 15 is 0 Å². The second-order valence-corrected chi connectivity index (χ2v) is 6.04. The van der Waals surface area contributed by atoms with Gasteiger partial charge in [0.1, 0.15) is 5.82 Å². The van der Waals surface area contributed by atoms with Crippen LogP contribution in [0.4, 0.5) is 11.9 Å². The molecule has 2 aromatic rings. The standard InChI is InChI=1S/C17H23N5O2/c1-4-11(15-19-16(18)21-17(20-15)22(2)3)8-9-12-6-5-7-13-14(12)24-10-23-13/h5-7,11H,4,8-10H2,1-3H3,(H2,18,19,20,21). The lowest BCUT2D eigenvalue weighted by Crippen LogP contribution is -2.17. The molecule has 7 nitrogen and oxygen atoms in total. The van der Waals surface area contributed by atoms with Crippen molar-refractivity contribution in [3.8, 4) is 11.5 Å². The Bertz CT molecular complexity index is 720. The summed E-state index contributed by atoms with van der Waals surface area (Å²) in [5, 5.41) is 0. The van der Waals surface area contributed by atoms with Crippen molar-refractivity contribution in [3.05, 3.63) is 29.6 Å². The Labute approximate surface area is 141 Å². The highest BCUT2D eigenvalue weighted by Crippen LogP contribution is 2.37. The molecule has 0 amide bonds. The zero-order chi connectivity index (χ0) is 17.1. The van der Waals surface area contributed by atoms with E-state index in [0.29, 0.717) is 12.7 Å². The Morgan fingerprint density at radius 1 is 1.21 bits per heavy atom. The van der Waals surface area contributed by atoms with Crippen molar-refractivity contribution >= 4 is 11.9 Å². The van der Waals surface area contributed by atoms with Gasteiger partial charge in [-0.05, 0) is 30.9 Å². The molecule has 128 valence electrons. The van der Waals surface area contributed by atoms with Crippen LogP contribution >= 0.6 is 0 Å². The summed E-state index contributed by atoms with van der Waals surface area (Å²) in [4.78, 5) is 14.9. The normalized spacial score (nSPS) is 13.8. The quantitative estimate of drug-likeness (QED) is 0.870. The van der Waals surface area contributed by atoms with Crippen LogP contribution < -0.4 is 20.1 Å². The maximum atomic E-state index is 5.85. The van der Waals surface area contributed by atoms with Crippen LogP contribution in [-0.4, -0.2) is 35.8 Å². The second-order valence-electron chi connectivity index (χ2n) is 6.04. The van der Waals surface area contributed by atoms with Crippen LogP contribution in [0.5, 0.6) is 11.5 Å². The molecule has 0 bridgehead atoms. The number of aryl methyl sites for hydroxylation is 1. The molecular weight excluding hydrogens is 306 g/mol. The Balaban J connectivity index is 1.77. The molecule has 1 aromatic carbocycles. The zero-order valence-electron chi connectivity index (χ0n) is 14.3. The largest absolute Gasteiger partial charge is 0.454 e. The van der Waals surface area contributed by atoms with Gasteiger partial charge in [0, 0.05) is 20.0 Å². The molecule has 1 aliphatic heterocycles. The lowest BCUT2D eigenvalue weighted by molar-refractivity contribution is 0.173. The van der Waals surface area contributed by atoms with Gasteiger partial charge in [0.25, 0.3) is 0 Å². The van der Waals surface area contributed by atoms with Crippen LogP contribution in [0.1, 0.15) is 37.1 Å². The first-order chi connectivity index (χ1) is 11.6. The summed E-state index contributed by atoms with van der Waals surface area (Å²) < 4.78 is 11.0. The molecule has 0 saturated heterocycles. The molecule has 0 aliphatic carbocycles. The van der Waals surface area contributed by atoms with Crippen LogP contribution in [0.2, 0.25) is 0 Å². The van der Waals surface area contributed by atoms with Crippen molar-refractivity contribution < 1.29 is 9.47 Å². The summed E-state index contributed by atoms with van der Waals surface area (Å²) in [7, 11) is 3.79. The Hall–Kier alpha value is -2.57. The van der Waals surface area contributed by atoms with E-state index in [1.807, 2.05) is 31.1 Å². The topological polar surface area (TPSA) is 86.4 Å². The lowest BCUT2D eigenvalue weighted by atomic mass is 9.96. The van der Waals surface area contributed by atoms with Crippen LogP contribution in [-0.2, 0) is 6.42 Å². The molecule has 24 heavy (non-hydrogen) atoms. The van der Waals surface area contributed by atoms with E-state index in [0.717, 1.165) is 42.1 Å². The van der Waals surface area contributed by atoms with E-state index in [1.165, 1.54) is 0 Å². The average Bonchev–Trinajstić information content (AvgIpc) is 3.04. The summed E-state index contributed by atoms with van der Waals surface area (Å²) in [6.45, 7) is 2.43. The summed E-state index contributed by atoms with van der Waals surface area (Å²) in [5.74, 6) is 3.50. The Morgan fingerprint density at radius 3 is 2.79 bits per heavy atom. The van der Waals surface area contributed by atoms with Crippen LogP contribution in [0, 0.1) is 0 Å². The predicted molar refractivity (Wildman–Crippen MR) is 92.5 cm³/mol. The van der Waals surface area contributed by atoms with Gasteiger partial charge in [-0.3, -0.25) is 0 Å². The van der Waals surface area contributed by atoms with Crippen LogP contribution in [0.15, 0.2) is 18.2 Å². The molecule has 3 rings (SSSR count). The number of ether oxygens (including phenoxy) is 2. The first-order valence-corrected chi connectivity index (χ1v) is 8.14. The van der Waals surface area contributed by atoms with Gasteiger partial charge >= 0.3 is 0 Å². The number of hydrogen-bond donors (Lipinski definition) is 1. The van der Waals surface area contributed by atoms with Crippen molar-refractivity contribution in [2.45, 2.75) is 32.1 Å². The number of fused-ring (bicyclic) bond motifs is 1. The minimum absolute atomic E-state index is 0.215. The third-order valence-corrected chi connectivity index (χ3v) is 4.16. The summed E-state index contributed by atoms with van der Waals surface area (Å²) >= 11 is 0. The molecule has 0 saturated carbocycles. The van der Waals surface area contributed by atoms with Crippen molar-refractivity contribution in [1.82, 2.24) is 15.0 Å². The van der Waals surface area contributed by atoms with Gasteiger partial charge in [0.2, 0.25) is 18.7 Å². The molecule has 1 aliphatic rings. The van der Waals surface area contributed by atoms with Gasteiger partial charge in [0.15, 0.2) is 11.5 Å². The highest BCUT2D eigenvalue weighted by molar-refractivity contribution is 5.48. The number of benzene rings is 1. The highest BCUT2D eigenvalue weighted by Gasteiger charge is 2.20. The van der Waals surface area contributed by atoms with E-state index < -0.39 is 0 Å². The molecule has 1 aromatic heterocycles. The Morgan fingerprint density at radius 2 is 2.04 bits per heavy atom. The van der Waals surface area contributed by atoms with Crippen molar-refractivity contribution in [3.63, 3.8) is 0 Å². The van der Waals surface area contributed by atoms with E-state index in [9.17, 15) is 0 Å². The summed E-state index contributed by atoms with van der Waals surface area (Å²) in [6.07, 6.45) is 2.71. The fourth-order valence-corrected chi connectivity index (χ4v) is 2.81. The first-order valence-electron chi connectivity index (χ1n) is 8.14. The SMILES string of the molecule is CCC(CCc1cccc2c1OCO2)c1nc(N)nc(N(C)C)n1. The van der Waals surface area contributed by atoms with E-state index in [4.69, 9.17) is 15.2 Å². The number of anilines is 2. The maximum Gasteiger partial charge on any atom is 0.231 e. The highest BCUT2D eigenvalue weighted by atomic mass is 16.7. The van der Waals surface area contributed by atoms with Gasteiger partial charge < -0.3 is 20.1 Å². The monoisotopic (exact) mass is 329 g/mol. The minimum Gasteiger partial charge on any atom is -0.454 e. The lowest BCUT2D eigenvalue weighted by Gasteiger charge is -2.17. The number of para-hydroxylation sites is 1. The smallest absolute Gasteiger partial charge is 0.231 e. The molecule has 2 N–H and O–H groups in total. The molecule has 0 radical (unpaired) electrons. The number of nitrogens with two attached hydrogens (primary N) is 1. The van der Waals surface area contributed by atoms with Gasteiger partial charge in [-0.2, -0.15) is 15.0 Å². The average molecular weight is 329 g/mol. The number of hydrogen-bond acceptors (Lipinski definition) is 7. The van der Waals surface area contributed by atoms with E-state index in [2.05, 4.69) is 27.9 Å². The number of aromatic nitrogens is 3. The number of nitrogen functional groups attached to an aromatic ring is 1. The second kappa shape index (κ2) is 6.90. The van der Waals surface area contributed by atoms with Crippen molar-refractivity contribution in [2.24, 2.45) is 0 Å². The van der Waals surface area contributed by atoms with Crippen LogP contribution in [0.3, 0.4) is 0 Å². The zero-order valence-corrected chi connectivity index (χ0v) is 14.3. The fourth-order valence-electron chi connectivity index (χ4n) is 2.81. The van der Waals surface area contributed by atoms with Crippen LogP contribution in [0.25, 0.3) is 0 Å². The maximum absolute atomic E-state index is 5.85. The van der Waals surface area contributed by atoms with Gasteiger partial charge in [-0.1, -0.05) is 19.1 Å². The van der Waals surface area contributed by atoms with Gasteiger partial charge in [0.05, 0.1) is 0 Å². The molecule has 0 fully saturated rings. The molecule has 1 unspecified atom stereocenters. The third-order valence-electron chi connectivity index (χ3n) is 4.16. The summed E-state index contributed by atoms with van der Waals surface area (Å²) in [6, 6.07) is 6.00. The predicted octanol–water partition coefficient (Wildman–Crippen LogP) is 2.37. The van der Waals surface area contributed by atoms with Gasteiger partial charge in [-0.25, -0.2) is 0 Å². The molecule has 7 heteroatoms. The first kappa shape index (κ1) is 16.3. The molecule has 2 heterocycles. The molecule has 0 spiro atoms. The van der Waals surface area contributed by atoms with Gasteiger partial charge in [-0.15, -0.1) is 0 Å². The minimum atomic E-state index is 0.215. The van der Waals surface area contributed by atoms with Crippen molar-refractivity contribution in [2.75, 3.05) is 31.5 Å². The van der Waals surface area contributed by atoms with E-state index in [-0.39, 0.29) is 11.9 Å². The molecule has 1 atom stereocenters. The molecular formula is C17H23N5O2. The summed E-state index contributed by atoms with van der Waals surface area (Å²) in [5.41, 5.74) is 7.00. The number of nitrogens with zero attached hydrogens (tertiary/aromatic N) is 4. The van der Waals surface area contributed by atoms with E-state index in [1.54, 1.807) is 0 Å². The Kier molecular flexibility index (Phi) is 4.69. The van der Waals surface area contributed by atoms with Crippen molar-refractivity contribution in [1.29, 1.82) is 0 Å². The third kappa shape index (κ3) is 3.34. The fraction of sp³-hybridized carbons (Fsp3) is 0.471. The number of rotatable bonds is 6.